The van der Waals surface area contributed by atoms with Crippen molar-refractivity contribution >= 4 is 33.0 Å². The summed E-state index contributed by atoms with van der Waals surface area (Å²) >= 11 is 1.77. The summed E-state index contributed by atoms with van der Waals surface area (Å²) in [7, 11) is 0. The van der Waals surface area contributed by atoms with E-state index in [1.54, 1.807) is 11.3 Å². The molecule has 0 saturated carbocycles. The lowest BCUT2D eigenvalue weighted by Gasteiger charge is -2.27. The molecule has 4 heteroatoms. The van der Waals surface area contributed by atoms with Gasteiger partial charge in [0.2, 0.25) is 0 Å². The second kappa shape index (κ2) is 5.35. The molecule has 2 N–H and O–H groups in total. The number of anilines is 1. The number of rotatable bonds is 1. The van der Waals surface area contributed by atoms with Gasteiger partial charge in [0, 0.05) is 4.88 Å². The van der Waals surface area contributed by atoms with Crippen LogP contribution in [0.3, 0.4) is 0 Å². The lowest BCUT2D eigenvalue weighted by molar-refractivity contribution is 0.0935. The molecule has 0 radical (unpaired) electrons. The van der Waals surface area contributed by atoms with Crippen LogP contribution in [0.1, 0.15) is 45.4 Å². The predicted molar refractivity (Wildman–Crippen MR) is 98.7 cm³/mol. The van der Waals surface area contributed by atoms with E-state index in [9.17, 15) is 4.79 Å². The molecule has 1 unspecified atom stereocenters. The Morgan fingerprint density at radius 2 is 1.79 bits per heavy atom. The van der Waals surface area contributed by atoms with Gasteiger partial charge in [-0.25, -0.2) is 0 Å². The van der Waals surface area contributed by atoms with Crippen LogP contribution < -0.4 is 10.6 Å². The van der Waals surface area contributed by atoms with E-state index in [1.165, 1.54) is 34.1 Å². The number of fused-ring (bicyclic) bond motifs is 4. The average molecular weight is 334 g/mol. The zero-order chi connectivity index (χ0) is 16.1. The van der Waals surface area contributed by atoms with Crippen molar-refractivity contribution in [3.63, 3.8) is 0 Å². The zero-order valence-electron chi connectivity index (χ0n) is 13.3. The van der Waals surface area contributed by atoms with Gasteiger partial charge in [-0.2, -0.15) is 0 Å². The number of carbonyl (C=O) groups is 1. The van der Waals surface area contributed by atoms with Crippen LogP contribution in [0.25, 0.3) is 10.8 Å². The van der Waals surface area contributed by atoms with E-state index < -0.39 is 0 Å². The summed E-state index contributed by atoms with van der Waals surface area (Å²) in [5, 5.41) is 10.2. The number of carbonyl (C=O) groups excluding carboxylic acids is 1. The number of hydrogen-bond acceptors (Lipinski definition) is 3. The van der Waals surface area contributed by atoms with Gasteiger partial charge in [-0.05, 0) is 53.6 Å². The normalized spacial score (nSPS) is 19.3. The van der Waals surface area contributed by atoms with Crippen LogP contribution in [-0.4, -0.2) is 5.91 Å². The van der Waals surface area contributed by atoms with Gasteiger partial charge in [-0.1, -0.05) is 36.4 Å². The van der Waals surface area contributed by atoms with Crippen molar-refractivity contribution in [1.82, 2.24) is 5.32 Å². The van der Waals surface area contributed by atoms with Crippen LogP contribution in [-0.2, 0) is 12.8 Å². The van der Waals surface area contributed by atoms with Crippen LogP contribution >= 0.6 is 11.3 Å². The zero-order valence-corrected chi connectivity index (χ0v) is 14.1. The Morgan fingerprint density at radius 3 is 2.71 bits per heavy atom. The number of amides is 1. The summed E-state index contributed by atoms with van der Waals surface area (Å²) < 4.78 is 0. The molecule has 0 saturated heterocycles. The molecule has 2 heterocycles. The van der Waals surface area contributed by atoms with Gasteiger partial charge in [0.25, 0.3) is 5.91 Å². The van der Waals surface area contributed by atoms with E-state index in [2.05, 4.69) is 41.0 Å². The molecule has 2 aliphatic rings. The Bertz CT molecular complexity index is 959. The Labute approximate surface area is 144 Å². The number of hydrogen-bond donors (Lipinski definition) is 2. The fourth-order valence-electron chi connectivity index (χ4n) is 3.83. The molecule has 120 valence electrons. The van der Waals surface area contributed by atoms with E-state index in [0.29, 0.717) is 0 Å². The highest BCUT2D eigenvalue weighted by Gasteiger charge is 2.31. The van der Waals surface area contributed by atoms with E-state index in [1.807, 2.05) is 12.1 Å². The summed E-state index contributed by atoms with van der Waals surface area (Å²) in [6, 6.07) is 14.7. The van der Waals surface area contributed by atoms with Crippen LogP contribution in [0.15, 0.2) is 42.5 Å². The summed E-state index contributed by atoms with van der Waals surface area (Å²) in [4.78, 5) is 14.1. The molecule has 0 bridgehead atoms. The van der Waals surface area contributed by atoms with Crippen molar-refractivity contribution in [2.24, 2.45) is 0 Å². The molecular formula is C20H18N2OS. The SMILES string of the molecule is O=C1NC(c2ccc3ccccc3c2)Nc2sc3c(c21)CCCC3. The molecule has 1 aliphatic carbocycles. The van der Waals surface area contributed by atoms with Gasteiger partial charge >= 0.3 is 0 Å². The van der Waals surface area contributed by atoms with Crippen LogP contribution in [0.4, 0.5) is 5.00 Å². The Hall–Kier alpha value is -2.33. The maximum absolute atomic E-state index is 12.7. The summed E-state index contributed by atoms with van der Waals surface area (Å²) in [5.41, 5.74) is 3.27. The highest BCUT2D eigenvalue weighted by atomic mass is 32.1. The molecule has 1 atom stereocenters. The highest BCUT2D eigenvalue weighted by molar-refractivity contribution is 7.16. The molecule has 5 rings (SSSR count). The van der Waals surface area contributed by atoms with Gasteiger partial charge in [0.1, 0.15) is 11.2 Å². The fraction of sp³-hybridized carbons (Fsp3) is 0.250. The van der Waals surface area contributed by atoms with E-state index in [4.69, 9.17) is 0 Å². The molecule has 24 heavy (non-hydrogen) atoms. The minimum atomic E-state index is -0.158. The largest absolute Gasteiger partial charge is 0.353 e. The third-order valence-corrected chi connectivity index (χ3v) is 6.28. The van der Waals surface area contributed by atoms with Crippen LogP contribution in [0, 0.1) is 0 Å². The molecule has 1 aliphatic heterocycles. The van der Waals surface area contributed by atoms with Crippen molar-refractivity contribution in [3.05, 3.63) is 64.0 Å². The van der Waals surface area contributed by atoms with Gasteiger partial charge in [0.05, 0.1) is 5.56 Å². The molecule has 3 nitrogen and oxygen atoms in total. The van der Waals surface area contributed by atoms with E-state index >= 15 is 0 Å². The van der Waals surface area contributed by atoms with Crippen molar-refractivity contribution in [2.45, 2.75) is 31.8 Å². The van der Waals surface area contributed by atoms with Gasteiger partial charge in [-0.15, -0.1) is 11.3 Å². The van der Waals surface area contributed by atoms with Crippen molar-refractivity contribution < 1.29 is 4.79 Å². The summed E-state index contributed by atoms with van der Waals surface area (Å²) in [6.07, 6.45) is 4.42. The number of thiophene rings is 1. The average Bonchev–Trinajstić information content (AvgIpc) is 3.00. The van der Waals surface area contributed by atoms with Gasteiger partial charge in [0.15, 0.2) is 0 Å². The third kappa shape index (κ3) is 2.13. The van der Waals surface area contributed by atoms with Crippen molar-refractivity contribution in [3.8, 4) is 0 Å². The predicted octanol–water partition coefficient (Wildman–Crippen LogP) is 4.63. The molecule has 3 aromatic rings. The first-order valence-electron chi connectivity index (χ1n) is 8.50. The van der Waals surface area contributed by atoms with E-state index in [-0.39, 0.29) is 12.1 Å². The highest BCUT2D eigenvalue weighted by Crippen LogP contribution is 2.41. The summed E-state index contributed by atoms with van der Waals surface area (Å²) in [6.45, 7) is 0. The number of aryl methyl sites for hydroxylation is 1. The Morgan fingerprint density at radius 1 is 0.958 bits per heavy atom. The van der Waals surface area contributed by atoms with Crippen LogP contribution in [0.2, 0.25) is 0 Å². The van der Waals surface area contributed by atoms with Crippen molar-refractivity contribution in [2.75, 3.05) is 5.32 Å². The minimum Gasteiger partial charge on any atom is -0.353 e. The Balaban J connectivity index is 1.54. The van der Waals surface area contributed by atoms with Crippen LogP contribution in [0.5, 0.6) is 0 Å². The topological polar surface area (TPSA) is 41.1 Å². The molecule has 0 spiro atoms. The standard InChI is InChI=1S/C20H18N2OS/c23-19-17-15-7-3-4-8-16(15)24-20(17)22-18(21-19)14-10-9-12-5-1-2-6-13(12)11-14/h1-2,5-6,9-11,18,22H,3-4,7-8H2,(H,21,23). The Kier molecular flexibility index (Phi) is 3.13. The second-order valence-electron chi connectivity index (χ2n) is 6.57. The first kappa shape index (κ1) is 14.1. The molecule has 2 aromatic carbocycles. The molecular weight excluding hydrogens is 316 g/mol. The smallest absolute Gasteiger partial charge is 0.256 e. The summed E-state index contributed by atoms with van der Waals surface area (Å²) in [5.74, 6) is 0.0707. The first-order valence-corrected chi connectivity index (χ1v) is 9.32. The van der Waals surface area contributed by atoms with E-state index in [0.717, 1.165) is 29.0 Å². The monoisotopic (exact) mass is 334 g/mol. The quantitative estimate of drug-likeness (QED) is 0.681. The fourth-order valence-corrected chi connectivity index (χ4v) is 5.15. The number of nitrogens with one attached hydrogen (secondary N) is 2. The third-order valence-electron chi connectivity index (χ3n) is 5.06. The lowest BCUT2D eigenvalue weighted by Crippen LogP contribution is -2.38. The maximum atomic E-state index is 12.7. The van der Waals surface area contributed by atoms with Gasteiger partial charge in [-0.3, -0.25) is 4.79 Å². The lowest BCUT2D eigenvalue weighted by atomic mass is 9.94. The number of benzene rings is 2. The molecule has 1 aromatic heterocycles. The first-order chi connectivity index (χ1) is 11.8. The molecule has 0 fully saturated rings. The second-order valence-corrected chi connectivity index (χ2v) is 7.68. The minimum absolute atomic E-state index is 0.0707. The van der Waals surface area contributed by atoms with Gasteiger partial charge < -0.3 is 10.6 Å². The molecule has 1 amide bonds. The maximum Gasteiger partial charge on any atom is 0.256 e. The van der Waals surface area contributed by atoms with Crippen molar-refractivity contribution in [1.29, 1.82) is 0 Å².